The number of halogens is 1. The van der Waals surface area contributed by atoms with Crippen molar-refractivity contribution in [2.75, 3.05) is 23.7 Å². The van der Waals surface area contributed by atoms with Crippen LogP contribution in [0.2, 0.25) is 5.02 Å². The fraction of sp³-hybridized carbons (Fsp3) is 0.261. The van der Waals surface area contributed by atoms with Crippen LogP contribution in [0.3, 0.4) is 0 Å². The molecule has 10 nitrogen and oxygen atoms in total. The number of carbonyl (C=O) groups is 3. The van der Waals surface area contributed by atoms with E-state index < -0.39 is 24.1 Å². The van der Waals surface area contributed by atoms with Crippen LogP contribution in [0, 0.1) is 0 Å². The first-order valence-electron chi connectivity index (χ1n) is 10.9. The van der Waals surface area contributed by atoms with Crippen molar-refractivity contribution in [3.05, 3.63) is 59.5 Å². The second-order valence-electron chi connectivity index (χ2n) is 7.84. The van der Waals surface area contributed by atoms with Gasteiger partial charge in [0.2, 0.25) is 0 Å². The molecule has 12 heteroatoms. The van der Waals surface area contributed by atoms with Crippen molar-refractivity contribution in [2.45, 2.75) is 25.4 Å². The number of anilines is 2. The summed E-state index contributed by atoms with van der Waals surface area (Å²) in [6.45, 7) is 0.748. The molecule has 35 heavy (non-hydrogen) atoms. The Labute approximate surface area is 210 Å². The molecule has 2 aromatic heterocycles. The molecule has 0 saturated carbocycles. The molecule has 1 aliphatic heterocycles. The van der Waals surface area contributed by atoms with Gasteiger partial charge in [0.05, 0.1) is 18.3 Å². The molecule has 1 aliphatic rings. The maximum Gasteiger partial charge on any atom is 0.341 e. The smallest absolute Gasteiger partial charge is 0.341 e. The average Bonchev–Trinajstić information content (AvgIpc) is 3.10. The highest BCUT2D eigenvalue weighted by atomic mass is 35.5. The van der Waals surface area contributed by atoms with E-state index in [9.17, 15) is 14.4 Å². The Hall–Kier alpha value is -3.70. The summed E-state index contributed by atoms with van der Waals surface area (Å²) in [5, 5.41) is 6.12. The van der Waals surface area contributed by atoms with Crippen LogP contribution in [0.5, 0.6) is 0 Å². The number of hydrogen-bond donors (Lipinski definition) is 3. The van der Waals surface area contributed by atoms with Gasteiger partial charge in [-0.3, -0.25) is 15.6 Å². The molecule has 4 amide bonds. The molecule has 1 aromatic carbocycles. The SMILES string of the molecule is NC(=O)N1CCCCC(OC(=O)c2cc(-c3cccc(Cl)c3)sc2NC(=O)Nc2cnccn2)C1. The van der Waals surface area contributed by atoms with Gasteiger partial charge < -0.3 is 15.4 Å². The van der Waals surface area contributed by atoms with Gasteiger partial charge in [-0.05, 0) is 43.0 Å². The number of thiophene rings is 1. The van der Waals surface area contributed by atoms with Crippen LogP contribution in [0.25, 0.3) is 10.4 Å². The molecule has 0 spiro atoms. The van der Waals surface area contributed by atoms with Gasteiger partial charge in [0.15, 0.2) is 5.82 Å². The number of hydrogen-bond acceptors (Lipinski definition) is 7. The number of nitrogens with two attached hydrogens (primary N) is 1. The summed E-state index contributed by atoms with van der Waals surface area (Å²) in [4.78, 5) is 47.6. The monoisotopic (exact) mass is 514 g/mol. The van der Waals surface area contributed by atoms with Gasteiger partial charge in [0, 0.05) is 28.8 Å². The van der Waals surface area contributed by atoms with E-state index in [0.717, 1.165) is 18.4 Å². The first kappa shape index (κ1) is 24.4. The van der Waals surface area contributed by atoms with E-state index in [4.69, 9.17) is 22.1 Å². The summed E-state index contributed by atoms with van der Waals surface area (Å²) in [6.07, 6.45) is 6.01. The molecule has 0 radical (unpaired) electrons. The summed E-state index contributed by atoms with van der Waals surface area (Å²) in [5.41, 5.74) is 6.41. The van der Waals surface area contributed by atoms with Crippen LogP contribution in [0.4, 0.5) is 20.4 Å². The molecule has 3 aromatic rings. The van der Waals surface area contributed by atoms with E-state index in [2.05, 4.69) is 20.6 Å². The summed E-state index contributed by atoms with van der Waals surface area (Å²) in [5.74, 6) is -0.355. The maximum absolute atomic E-state index is 13.2. The number of amides is 4. The highest BCUT2D eigenvalue weighted by Gasteiger charge is 2.27. The lowest BCUT2D eigenvalue weighted by molar-refractivity contribution is 0.0242. The fourth-order valence-corrected chi connectivity index (χ4v) is 4.88. The molecule has 4 rings (SSSR count). The van der Waals surface area contributed by atoms with Crippen LogP contribution in [0.1, 0.15) is 29.6 Å². The lowest BCUT2D eigenvalue weighted by Crippen LogP contribution is -2.41. The zero-order valence-electron chi connectivity index (χ0n) is 18.6. The maximum atomic E-state index is 13.2. The highest BCUT2D eigenvalue weighted by Crippen LogP contribution is 2.37. The van der Waals surface area contributed by atoms with Gasteiger partial charge in [-0.25, -0.2) is 19.4 Å². The Balaban J connectivity index is 1.57. The number of ether oxygens (including phenoxy) is 1. The number of nitrogens with one attached hydrogen (secondary N) is 2. The highest BCUT2D eigenvalue weighted by molar-refractivity contribution is 7.20. The van der Waals surface area contributed by atoms with E-state index in [0.29, 0.717) is 27.9 Å². The standard InChI is InChI=1S/C23H23ClN6O4S/c24-15-5-3-4-14(10-15)18-11-17(20(35-18)29-23(33)28-19-12-26-7-8-27-19)21(31)34-16-6-1-2-9-30(13-16)22(25)32/h3-5,7-8,10-12,16H,1-2,6,9,13H2,(H2,25,32)(H2,27,28,29,33). The largest absolute Gasteiger partial charge is 0.457 e. The van der Waals surface area contributed by atoms with Gasteiger partial charge in [-0.15, -0.1) is 11.3 Å². The van der Waals surface area contributed by atoms with Crippen LogP contribution >= 0.6 is 22.9 Å². The zero-order valence-corrected chi connectivity index (χ0v) is 20.1. The number of likely N-dealkylation sites (tertiary alicyclic amines) is 1. The van der Waals surface area contributed by atoms with Crippen LogP contribution in [-0.4, -0.2) is 52.1 Å². The third-order valence-corrected chi connectivity index (χ3v) is 6.64. The van der Waals surface area contributed by atoms with Crippen LogP contribution in [0.15, 0.2) is 48.9 Å². The van der Waals surface area contributed by atoms with Gasteiger partial charge in [-0.2, -0.15) is 0 Å². The average molecular weight is 515 g/mol. The molecule has 0 bridgehead atoms. The Bertz CT molecular complexity index is 1220. The first-order valence-corrected chi connectivity index (χ1v) is 12.1. The van der Waals surface area contributed by atoms with Crippen LogP contribution < -0.4 is 16.4 Å². The van der Waals surface area contributed by atoms with E-state index in [-0.39, 0.29) is 17.9 Å². The fourth-order valence-electron chi connectivity index (χ4n) is 3.65. The number of primary amides is 1. The number of rotatable bonds is 5. The lowest BCUT2D eigenvalue weighted by Gasteiger charge is -2.22. The molecule has 0 aliphatic carbocycles. The van der Waals surface area contributed by atoms with Crippen molar-refractivity contribution >= 4 is 51.8 Å². The number of aromatic nitrogens is 2. The topological polar surface area (TPSA) is 140 Å². The molecular formula is C23H23ClN6O4S. The Morgan fingerprint density at radius 3 is 2.77 bits per heavy atom. The Morgan fingerprint density at radius 1 is 1.17 bits per heavy atom. The molecule has 1 fully saturated rings. The minimum Gasteiger partial charge on any atom is -0.457 e. The minimum atomic E-state index is -0.611. The Kier molecular flexibility index (Phi) is 7.78. The minimum absolute atomic E-state index is 0.189. The normalized spacial score (nSPS) is 15.7. The second kappa shape index (κ2) is 11.2. The predicted molar refractivity (Wildman–Crippen MR) is 134 cm³/mol. The molecule has 1 unspecified atom stereocenters. The van der Waals surface area contributed by atoms with Crippen molar-refractivity contribution in [3.63, 3.8) is 0 Å². The number of benzene rings is 1. The third kappa shape index (κ3) is 6.46. The van der Waals surface area contributed by atoms with Gasteiger partial charge in [0.1, 0.15) is 11.1 Å². The lowest BCUT2D eigenvalue weighted by atomic mass is 10.1. The molecule has 3 heterocycles. The predicted octanol–water partition coefficient (Wildman–Crippen LogP) is 4.59. The molecule has 182 valence electrons. The third-order valence-electron chi connectivity index (χ3n) is 5.31. The van der Waals surface area contributed by atoms with Crippen LogP contribution in [-0.2, 0) is 4.74 Å². The molecular weight excluding hydrogens is 492 g/mol. The summed E-state index contributed by atoms with van der Waals surface area (Å²) in [6, 6.07) is 7.68. The van der Waals surface area contributed by atoms with E-state index in [1.807, 2.05) is 6.07 Å². The van der Waals surface area contributed by atoms with E-state index in [1.54, 1.807) is 24.3 Å². The summed E-state index contributed by atoms with van der Waals surface area (Å²) < 4.78 is 5.75. The number of esters is 1. The summed E-state index contributed by atoms with van der Waals surface area (Å²) >= 11 is 7.35. The van der Waals surface area contributed by atoms with E-state index >= 15 is 0 Å². The van der Waals surface area contributed by atoms with Crippen molar-refractivity contribution in [3.8, 4) is 10.4 Å². The van der Waals surface area contributed by atoms with Gasteiger partial charge >= 0.3 is 18.0 Å². The first-order chi connectivity index (χ1) is 16.9. The van der Waals surface area contributed by atoms with Crippen molar-refractivity contribution in [1.29, 1.82) is 0 Å². The van der Waals surface area contributed by atoms with Crippen molar-refractivity contribution in [2.24, 2.45) is 5.73 Å². The molecule has 4 N–H and O–H groups in total. The van der Waals surface area contributed by atoms with Crippen molar-refractivity contribution in [1.82, 2.24) is 14.9 Å². The zero-order chi connectivity index (χ0) is 24.8. The quantitative estimate of drug-likeness (QED) is 0.425. The van der Waals surface area contributed by atoms with Gasteiger partial charge in [0.25, 0.3) is 0 Å². The Morgan fingerprint density at radius 2 is 2.03 bits per heavy atom. The van der Waals surface area contributed by atoms with E-state index in [1.165, 1.54) is 34.8 Å². The number of urea groups is 2. The molecule has 1 atom stereocenters. The molecule has 1 saturated heterocycles. The summed E-state index contributed by atoms with van der Waals surface area (Å²) in [7, 11) is 0. The second-order valence-corrected chi connectivity index (χ2v) is 9.33. The van der Waals surface area contributed by atoms with Crippen molar-refractivity contribution < 1.29 is 19.1 Å². The number of nitrogens with zero attached hydrogens (tertiary/aromatic N) is 3. The van der Waals surface area contributed by atoms with Gasteiger partial charge in [-0.1, -0.05) is 23.7 Å². The number of carbonyl (C=O) groups excluding carboxylic acids is 3.